The summed E-state index contributed by atoms with van der Waals surface area (Å²) >= 11 is 0. The van der Waals surface area contributed by atoms with Crippen LogP contribution in [0.1, 0.15) is 66.2 Å². The number of aromatic nitrogens is 1. The van der Waals surface area contributed by atoms with E-state index in [-0.39, 0.29) is 5.41 Å². The Morgan fingerprint density at radius 3 is 2.23 bits per heavy atom. The Kier molecular flexibility index (Phi) is 6.64. The van der Waals surface area contributed by atoms with Gasteiger partial charge in [-0.05, 0) is 118 Å². The van der Waals surface area contributed by atoms with E-state index in [4.69, 9.17) is 8.83 Å². The summed E-state index contributed by atoms with van der Waals surface area (Å²) in [5.41, 5.74) is 19.6. The van der Waals surface area contributed by atoms with Gasteiger partial charge in [0.15, 0.2) is 0 Å². The van der Waals surface area contributed by atoms with Crippen molar-refractivity contribution in [1.82, 2.24) is 4.57 Å². The Labute approximate surface area is 325 Å². The highest BCUT2D eigenvalue weighted by atomic mass is 16.3. The van der Waals surface area contributed by atoms with Gasteiger partial charge < -0.3 is 13.4 Å². The van der Waals surface area contributed by atoms with Crippen LogP contribution < -0.4 is 0 Å². The number of allylic oxidation sites excluding steroid dienone is 2. The molecule has 0 aliphatic heterocycles. The molecule has 3 aromatic heterocycles. The minimum Gasteiger partial charge on any atom is -0.460 e. The van der Waals surface area contributed by atoms with E-state index in [1.807, 2.05) is 6.07 Å². The molecule has 0 bridgehead atoms. The van der Waals surface area contributed by atoms with Crippen LogP contribution in [0.25, 0.3) is 89.6 Å². The van der Waals surface area contributed by atoms with Gasteiger partial charge in [0.1, 0.15) is 22.7 Å². The number of benzene rings is 6. The average molecular weight is 722 g/mol. The van der Waals surface area contributed by atoms with Gasteiger partial charge >= 0.3 is 0 Å². The third-order valence-corrected chi connectivity index (χ3v) is 12.8. The molecule has 12 rings (SSSR count). The van der Waals surface area contributed by atoms with Crippen molar-refractivity contribution in [3.05, 3.63) is 179 Å². The van der Waals surface area contributed by atoms with Gasteiger partial charge in [-0.3, -0.25) is 0 Å². The van der Waals surface area contributed by atoms with E-state index in [1.54, 1.807) is 0 Å². The molecule has 56 heavy (non-hydrogen) atoms. The van der Waals surface area contributed by atoms with Crippen molar-refractivity contribution in [1.29, 1.82) is 0 Å². The lowest BCUT2D eigenvalue weighted by atomic mass is 9.79. The number of fused-ring (bicyclic) bond motifs is 11. The van der Waals surface area contributed by atoms with Gasteiger partial charge in [0, 0.05) is 50.5 Å². The predicted octanol–water partition coefficient (Wildman–Crippen LogP) is 14.2. The zero-order valence-electron chi connectivity index (χ0n) is 31.5. The number of rotatable bonds is 4. The molecule has 0 saturated carbocycles. The number of aryl methyl sites for hydroxylation is 1. The normalized spacial score (nSPS) is 15.2. The van der Waals surface area contributed by atoms with Crippen LogP contribution in [0.4, 0.5) is 0 Å². The van der Waals surface area contributed by atoms with E-state index >= 15 is 0 Å². The minimum absolute atomic E-state index is 0.195. The van der Waals surface area contributed by atoms with Crippen molar-refractivity contribution >= 4 is 50.6 Å². The fourth-order valence-corrected chi connectivity index (χ4v) is 10.0. The average Bonchev–Trinajstić information content (AvgIpc) is 3.99. The molecule has 0 unspecified atom stereocenters. The largest absolute Gasteiger partial charge is 0.460 e. The van der Waals surface area contributed by atoms with Crippen molar-refractivity contribution in [2.75, 3.05) is 0 Å². The van der Waals surface area contributed by atoms with Gasteiger partial charge in [0.05, 0.1) is 5.52 Å². The fourth-order valence-electron chi connectivity index (χ4n) is 10.0. The van der Waals surface area contributed by atoms with Crippen LogP contribution in [0.2, 0.25) is 0 Å². The van der Waals surface area contributed by atoms with Crippen LogP contribution in [0.15, 0.2) is 148 Å². The highest BCUT2D eigenvalue weighted by Gasteiger charge is 2.39. The maximum atomic E-state index is 6.46. The molecule has 3 heteroatoms. The highest BCUT2D eigenvalue weighted by Crippen LogP contribution is 2.54. The molecule has 3 heterocycles. The first kappa shape index (κ1) is 31.7. The first-order chi connectivity index (χ1) is 27.5. The summed E-state index contributed by atoms with van der Waals surface area (Å²) in [6, 6.07) is 48.8. The molecule has 268 valence electrons. The minimum atomic E-state index is -0.195. The monoisotopic (exact) mass is 721 g/mol. The van der Waals surface area contributed by atoms with E-state index in [9.17, 15) is 0 Å². The molecule has 0 radical (unpaired) electrons. The maximum absolute atomic E-state index is 6.46. The molecule has 0 fully saturated rings. The molecule has 3 aliphatic carbocycles. The van der Waals surface area contributed by atoms with E-state index < -0.39 is 0 Å². The van der Waals surface area contributed by atoms with Gasteiger partial charge in [-0.2, -0.15) is 0 Å². The van der Waals surface area contributed by atoms with Crippen molar-refractivity contribution in [2.45, 2.75) is 44.9 Å². The molecule has 6 aromatic carbocycles. The third kappa shape index (κ3) is 4.58. The van der Waals surface area contributed by atoms with Gasteiger partial charge in [0.25, 0.3) is 0 Å². The summed E-state index contributed by atoms with van der Waals surface area (Å²) in [5, 5.41) is 3.69. The second kappa shape index (κ2) is 11.7. The first-order valence-electron chi connectivity index (χ1n) is 19.9. The van der Waals surface area contributed by atoms with E-state index in [2.05, 4.69) is 164 Å². The van der Waals surface area contributed by atoms with Crippen LogP contribution >= 0.6 is 0 Å². The second-order valence-electron chi connectivity index (χ2n) is 16.3. The van der Waals surface area contributed by atoms with Crippen LogP contribution in [0.3, 0.4) is 0 Å². The van der Waals surface area contributed by atoms with E-state index in [0.717, 1.165) is 53.8 Å². The van der Waals surface area contributed by atoms with Crippen LogP contribution in [0.5, 0.6) is 0 Å². The summed E-state index contributed by atoms with van der Waals surface area (Å²) < 4.78 is 15.4. The summed E-state index contributed by atoms with van der Waals surface area (Å²) in [7, 11) is 0. The molecular formula is C53H39NO2. The Morgan fingerprint density at radius 2 is 1.38 bits per heavy atom. The number of para-hydroxylation sites is 1. The number of hydrogen-bond acceptors (Lipinski definition) is 2. The lowest BCUT2D eigenvalue weighted by Gasteiger charge is -2.24. The number of nitrogens with zero attached hydrogens (tertiary/aromatic N) is 1. The Morgan fingerprint density at radius 1 is 0.607 bits per heavy atom. The van der Waals surface area contributed by atoms with Crippen molar-refractivity contribution in [2.24, 2.45) is 0 Å². The third-order valence-electron chi connectivity index (χ3n) is 12.8. The fraction of sp³-hybridized carbons (Fsp3) is 0.132. The zero-order valence-corrected chi connectivity index (χ0v) is 31.5. The summed E-state index contributed by atoms with van der Waals surface area (Å²) in [6.07, 6.45) is 10.8. The maximum Gasteiger partial charge on any atom is 0.135 e. The van der Waals surface area contributed by atoms with Crippen LogP contribution in [-0.2, 0) is 18.3 Å². The Balaban J connectivity index is 1.02. The standard InChI is InChI=1S/C53H39NO2/c1-53(2)44-31-38(22-23-39(44)40-24-27-49-51(52(40)53)41-13-7-9-15-48(41)56-49)54-45-25-20-35(34-18-16-33(17-19-34)32-10-4-3-5-11-32)28-42(45)43-29-37(21-26-46(43)54)50-30-36-12-6-8-14-47(36)55-50/h3-8,10-14,16-20,22-25,27-31H,9,15,21,26H2,1-2H3. The van der Waals surface area contributed by atoms with Crippen LogP contribution in [0, 0.1) is 0 Å². The lowest BCUT2D eigenvalue weighted by molar-refractivity contribution is 0.546. The molecule has 0 atom stereocenters. The topological polar surface area (TPSA) is 31.2 Å². The zero-order chi connectivity index (χ0) is 37.1. The summed E-state index contributed by atoms with van der Waals surface area (Å²) in [4.78, 5) is 0. The predicted molar refractivity (Wildman–Crippen MR) is 231 cm³/mol. The van der Waals surface area contributed by atoms with Gasteiger partial charge in [-0.1, -0.05) is 117 Å². The SMILES string of the molecule is CC1(C)c2cc(-n3c4c(c5cc(-c6ccc(-c7ccccc7)cc6)ccc53)C=C(c3cc5ccccc5o3)CC4)ccc2-c2ccc3oc4c(c3c21)C=CCC4. The molecule has 0 N–H and O–H groups in total. The van der Waals surface area contributed by atoms with Crippen LogP contribution in [-0.4, -0.2) is 4.57 Å². The molecule has 3 nitrogen and oxygen atoms in total. The molecule has 3 aliphatic rings. The molecule has 0 saturated heterocycles. The second-order valence-corrected chi connectivity index (χ2v) is 16.3. The Bertz CT molecular complexity index is 3110. The first-order valence-corrected chi connectivity index (χ1v) is 19.9. The molecule has 0 spiro atoms. The quantitative estimate of drug-likeness (QED) is 0.181. The highest BCUT2D eigenvalue weighted by molar-refractivity contribution is 6.03. The molecular weight excluding hydrogens is 683 g/mol. The lowest BCUT2D eigenvalue weighted by Crippen LogP contribution is -2.16. The molecule has 9 aromatic rings. The van der Waals surface area contributed by atoms with Crippen molar-refractivity contribution in [3.63, 3.8) is 0 Å². The summed E-state index contributed by atoms with van der Waals surface area (Å²) in [6.45, 7) is 4.79. The smallest absolute Gasteiger partial charge is 0.135 e. The van der Waals surface area contributed by atoms with Gasteiger partial charge in [-0.15, -0.1) is 0 Å². The van der Waals surface area contributed by atoms with Gasteiger partial charge in [0.2, 0.25) is 0 Å². The number of hydrogen-bond donors (Lipinski definition) is 0. The van der Waals surface area contributed by atoms with E-state index in [1.165, 1.54) is 88.9 Å². The van der Waals surface area contributed by atoms with Gasteiger partial charge in [-0.25, -0.2) is 0 Å². The van der Waals surface area contributed by atoms with Crippen molar-refractivity contribution in [3.8, 4) is 39.1 Å². The number of furan rings is 2. The van der Waals surface area contributed by atoms with Crippen molar-refractivity contribution < 1.29 is 8.83 Å². The summed E-state index contributed by atoms with van der Waals surface area (Å²) in [5.74, 6) is 2.08. The Hall–Kier alpha value is -6.58. The molecule has 0 amide bonds. The van der Waals surface area contributed by atoms with E-state index in [0.29, 0.717) is 0 Å².